The van der Waals surface area contributed by atoms with E-state index in [4.69, 9.17) is 5.11 Å². The van der Waals surface area contributed by atoms with Gasteiger partial charge in [0.15, 0.2) is 0 Å². The maximum Gasteiger partial charge on any atom is 0.320 e. The summed E-state index contributed by atoms with van der Waals surface area (Å²) in [6, 6.07) is 4.66. The summed E-state index contributed by atoms with van der Waals surface area (Å²) < 4.78 is 13.4. The third-order valence-corrected chi connectivity index (χ3v) is 3.27. The van der Waals surface area contributed by atoms with Crippen LogP contribution in [0.25, 0.3) is 0 Å². The second kappa shape index (κ2) is 4.84. The summed E-state index contributed by atoms with van der Waals surface area (Å²) in [5.74, 6) is -1.01. The van der Waals surface area contributed by atoms with Gasteiger partial charge in [-0.3, -0.25) is 9.69 Å². The van der Waals surface area contributed by atoms with Crippen molar-refractivity contribution in [3.63, 3.8) is 0 Å². The van der Waals surface area contributed by atoms with Crippen LogP contribution in [0.5, 0.6) is 0 Å². The third kappa shape index (κ3) is 2.64. The molecule has 0 bridgehead atoms. The van der Waals surface area contributed by atoms with E-state index in [1.807, 2.05) is 11.0 Å². The fraction of sp³-hybridized carbons (Fsp3) is 0.462. The average molecular weight is 237 g/mol. The Kier molecular flexibility index (Phi) is 3.43. The van der Waals surface area contributed by atoms with E-state index in [0.29, 0.717) is 18.5 Å². The zero-order valence-corrected chi connectivity index (χ0v) is 9.82. The van der Waals surface area contributed by atoms with Gasteiger partial charge in [0, 0.05) is 6.54 Å². The molecule has 1 saturated heterocycles. The summed E-state index contributed by atoms with van der Waals surface area (Å²) in [6.07, 6.45) is 1.58. The third-order valence-electron chi connectivity index (χ3n) is 3.27. The number of rotatable bonds is 3. The van der Waals surface area contributed by atoms with E-state index in [-0.39, 0.29) is 5.82 Å². The van der Waals surface area contributed by atoms with Crippen LogP contribution in [0.4, 0.5) is 4.39 Å². The summed E-state index contributed by atoms with van der Waals surface area (Å²) >= 11 is 0. The Morgan fingerprint density at radius 3 is 3.00 bits per heavy atom. The number of benzene rings is 1. The predicted octanol–water partition coefficient (Wildman–Crippen LogP) is 2.18. The highest BCUT2D eigenvalue weighted by Gasteiger charge is 2.30. The van der Waals surface area contributed by atoms with E-state index < -0.39 is 12.0 Å². The lowest BCUT2D eigenvalue weighted by Gasteiger charge is -2.21. The Morgan fingerprint density at radius 2 is 2.35 bits per heavy atom. The highest BCUT2D eigenvalue weighted by Crippen LogP contribution is 2.21. The maximum atomic E-state index is 13.4. The van der Waals surface area contributed by atoms with Crippen molar-refractivity contribution in [3.8, 4) is 0 Å². The van der Waals surface area contributed by atoms with Crippen LogP contribution >= 0.6 is 0 Å². The molecule has 0 aromatic heterocycles. The molecule has 0 amide bonds. The molecule has 0 aliphatic carbocycles. The van der Waals surface area contributed by atoms with Crippen molar-refractivity contribution in [2.45, 2.75) is 32.4 Å². The minimum Gasteiger partial charge on any atom is -0.480 e. The minimum absolute atomic E-state index is 0.228. The molecule has 1 N–H and O–H groups in total. The van der Waals surface area contributed by atoms with E-state index in [1.54, 1.807) is 13.0 Å². The van der Waals surface area contributed by atoms with Crippen LogP contribution in [0.1, 0.15) is 24.0 Å². The molecule has 2 rings (SSSR count). The molecule has 0 spiro atoms. The quantitative estimate of drug-likeness (QED) is 0.876. The van der Waals surface area contributed by atoms with E-state index in [2.05, 4.69) is 0 Å². The number of aliphatic carboxylic acids is 1. The molecule has 1 aromatic rings. The number of hydrogen-bond donors (Lipinski definition) is 1. The second-order valence-electron chi connectivity index (χ2n) is 4.55. The van der Waals surface area contributed by atoms with Crippen LogP contribution in [0.2, 0.25) is 0 Å². The molecule has 1 aliphatic heterocycles. The Bertz CT molecular complexity index is 433. The Hall–Kier alpha value is -1.42. The number of halogens is 1. The highest BCUT2D eigenvalue weighted by molar-refractivity contribution is 5.73. The van der Waals surface area contributed by atoms with Gasteiger partial charge >= 0.3 is 5.97 Å². The van der Waals surface area contributed by atoms with Gasteiger partial charge in [0.1, 0.15) is 11.9 Å². The first-order valence-corrected chi connectivity index (χ1v) is 5.80. The number of carbonyl (C=O) groups is 1. The molecule has 92 valence electrons. The Balaban J connectivity index is 2.09. The number of carboxylic acids is 1. The zero-order valence-electron chi connectivity index (χ0n) is 9.82. The lowest BCUT2D eigenvalue weighted by molar-refractivity contribution is -0.142. The monoisotopic (exact) mass is 237 g/mol. The first-order valence-electron chi connectivity index (χ1n) is 5.80. The Labute approximate surface area is 99.9 Å². The minimum atomic E-state index is -0.782. The van der Waals surface area contributed by atoms with Gasteiger partial charge in [-0.15, -0.1) is 0 Å². The standard InChI is InChI=1S/C13H16FNO2/c1-9-4-5-10(7-11(9)14)8-15-6-2-3-12(15)13(16)17/h4-5,7,12H,2-3,6,8H2,1H3,(H,16,17)/t12-/m1/s1. The summed E-state index contributed by atoms with van der Waals surface area (Å²) in [4.78, 5) is 12.9. The maximum absolute atomic E-state index is 13.4. The number of hydrogen-bond acceptors (Lipinski definition) is 2. The van der Waals surface area contributed by atoms with Gasteiger partial charge in [-0.1, -0.05) is 12.1 Å². The highest BCUT2D eigenvalue weighted by atomic mass is 19.1. The molecule has 1 fully saturated rings. The van der Waals surface area contributed by atoms with Crippen LogP contribution in [-0.4, -0.2) is 28.6 Å². The van der Waals surface area contributed by atoms with Crippen molar-refractivity contribution in [1.29, 1.82) is 0 Å². The van der Waals surface area contributed by atoms with Crippen molar-refractivity contribution in [3.05, 3.63) is 35.1 Å². The smallest absolute Gasteiger partial charge is 0.320 e. The number of carboxylic acid groups (broad SMARTS) is 1. The SMILES string of the molecule is Cc1ccc(CN2CCC[C@@H]2C(=O)O)cc1F. The van der Waals surface area contributed by atoms with Gasteiger partial charge in [0.25, 0.3) is 0 Å². The molecule has 3 nitrogen and oxygen atoms in total. The van der Waals surface area contributed by atoms with Crippen LogP contribution in [0.15, 0.2) is 18.2 Å². The van der Waals surface area contributed by atoms with Crippen molar-refractivity contribution in [2.75, 3.05) is 6.54 Å². The average Bonchev–Trinajstić information content (AvgIpc) is 2.72. The van der Waals surface area contributed by atoms with Crippen molar-refractivity contribution >= 4 is 5.97 Å². The van der Waals surface area contributed by atoms with Gasteiger partial charge in [-0.05, 0) is 43.5 Å². The fourth-order valence-corrected chi connectivity index (χ4v) is 2.26. The Morgan fingerprint density at radius 1 is 1.59 bits per heavy atom. The fourth-order valence-electron chi connectivity index (χ4n) is 2.26. The van der Waals surface area contributed by atoms with Gasteiger partial charge in [-0.2, -0.15) is 0 Å². The first-order chi connectivity index (χ1) is 8.08. The predicted molar refractivity (Wildman–Crippen MR) is 62.2 cm³/mol. The van der Waals surface area contributed by atoms with Crippen LogP contribution in [0.3, 0.4) is 0 Å². The summed E-state index contributed by atoms with van der Waals surface area (Å²) in [5.41, 5.74) is 1.45. The first kappa shape index (κ1) is 12.0. The van der Waals surface area contributed by atoms with E-state index >= 15 is 0 Å². The second-order valence-corrected chi connectivity index (χ2v) is 4.55. The molecule has 0 saturated carbocycles. The summed E-state index contributed by atoms with van der Waals surface area (Å²) in [5, 5.41) is 9.04. The van der Waals surface area contributed by atoms with Gasteiger partial charge < -0.3 is 5.11 Å². The summed E-state index contributed by atoms with van der Waals surface area (Å²) in [6.45, 7) is 3.00. The molecule has 0 radical (unpaired) electrons. The van der Waals surface area contributed by atoms with Crippen LogP contribution in [-0.2, 0) is 11.3 Å². The van der Waals surface area contributed by atoms with Crippen molar-refractivity contribution < 1.29 is 14.3 Å². The van der Waals surface area contributed by atoms with E-state index in [1.165, 1.54) is 6.07 Å². The molecule has 1 atom stereocenters. The summed E-state index contributed by atoms with van der Waals surface area (Å²) in [7, 11) is 0. The molecule has 0 unspecified atom stereocenters. The number of aryl methyl sites for hydroxylation is 1. The van der Waals surface area contributed by atoms with Crippen LogP contribution < -0.4 is 0 Å². The van der Waals surface area contributed by atoms with Crippen LogP contribution in [0, 0.1) is 12.7 Å². The number of likely N-dealkylation sites (tertiary alicyclic amines) is 1. The van der Waals surface area contributed by atoms with Gasteiger partial charge in [-0.25, -0.2) is 4.39 Å². The lowest BCUT2D eigenvalue weighted by atomic mass is 10.1. The topological polar surface area (TPSA) is 40.5 Å². The van der Waals surface area contributed by atoms with Crippen molar-refractivity contribution in [1.82, 2.24) is 4.90 Å². The van der Waals surface area contributed by atoms with Crippen molar-refractivity contribution in [2.24, 2.45) is 0 Å². The normalized spacial score (nSPS) is 20.7. The molecule has 1 aromatic carbocycles. The number of nitrogens with zero attached hydrogens (tertiary/aromatic N) is 1. The van der Waals surface area contributed by atoms with E-state index in [9.17, 15) is 9.18 Å². The lowest BCUT2D eigenvalue weighted by Crippen LogP contribution is -2.35. The molecule has 1 aliphatic rings. The molecule has 1 heterocycles. The van der Waals surface area contributed by atoms with Gasteiger partial charge in [0.05, 0.1) is 0 Å². The molecule has 4 heteroatoms. The largest absolute Gasteiger partial charge is 0.480 e. The molecular weight excluding hydrogens is 221 g/mol. The van der Waals surface area contributed by atoms with Gasteiger partial charge in [0.2, 0.25) is 0 Å². The zero-order chi connectivity index (χ0) is 12.4. The molecule has 17 heavy (non-hydrogen) atoms. The molecular formula is C13H16FNO2. The van der Waals surface area contributed by atoms with E-state index in [0.717, 1.165) is 18.5 Å².